The number of furan rings is 1. The number of aromatic nitrogens is 1. The van der Waals surface area contributed by atoms with Crippen LogP contribution in [0.4, 0.5) is 0 Å². The molecule has 6 heteroatoms. The van der Waals surface area contributed by atoms with E-state index in [1.807, 2.05) is 47.7 Å². The number of hydrogen-bond donors (Lipinski definition) is 1. The summed E-state index contributed by atoms with van der Waals surface area (Å²) in [6.45, 7) is 0. The minimum absolute atomic E-state index is 0.265. The Hall–Kier alpha value is -7.28. The number of nitrogens with zero attached hydrogens (tertiary/aromatic N) is 3. The van der Waals surface area contributed by atoms with Gasteiger partial charge in [0, 0.05) is 53.7 Å². The fourth-order valence-corrected chi connectivity index (χ4v) is 9.79. The largest absolute Gasteiger partial charge is 0.455 e. The van der Waals surface area contributed by atoms with Crippen LogP contribution in [0.15, 0.2) is 196 Å². The predicted molar refractivity (Wildman–Crippen MR) is 238 cm³/mol. The summed E-state index contributed by atoms with van der Waals surface area (Å²) in [6, 6.07) is 64.3. The van der Waals surface area contributed by atoms with Crippen LogP contribution in [0, 0.1) is 0 Å². The van der Waals surface area contributed by atoms with Gasteiger partial charge in [-0.2, -0.15) is 0 Å². The average molecular weight is 749 g/mol. The summed E-state index contributed by atoms with van der Waals surface area (Å²) < 4.78 is 11.7. The van der Waals surface area contributed by atoms with Crippen molar-refractivity contribution in [1.29, 1.82) is 0 Å². The van der Waals surface area contributed by atoms with Crippen LogP contribution in [0.25, 0.3) is 80.7 Å². The van der Waals surface area contributed by atoms with Crippen molar-refractivity contribution < 1.29 is 4.42 Å². The second kappa shape index (κ2) is 12.6. The van der Waals surface area contributed by atoms with Crippen LogP contribution in [0.3, 0.4) is 0 Å². The molecule has 0 saturated carbocycles. The highest BCUT2D eigenvalue weighted by atomic mass is 32.1. The fraction of sp³-hybridized carbons (Fsp3) is 0.0196. The van der Waals surface area contributed by atoms with Crippen LogP contribution in [-0.4, -0.2) is 16.2 Å². The highest BCUT2D eigenvalue weighted by Gasteiger charge is 2.23. The number of thiophene rings is 1. The first kappa shape index (κ1) is 32.0. The molecule has 11 aromatic rings. The van der Waals surface area contributed by atoms with Gasteiger partial charge < -0.3 is 14.3 Å². The van der Waals surface area contributed by atoms with Gasteiger partial charge in [-0.1, -0.05) is 133 Å². The number of nitrogens with one attached hydrogen (secondary N) is 1. The first-order valence-corrected chi connectivity index (χ1v) is 20.0. The molecule has 5 nitrogen and oxygen atoms in total. The van der Waals surface area contributed by atoms with E-state index in [4.69, 9.17) is 14.4 Å². The van der Waals surface area contributed by atoms with Crippen LogP contribution < -0.4 is 5.32 Å². The molecule has 0 saturated heterocycles. The average Bonchev–Trinajstić information content (AvgIpc) is 3.96. The Morgan fingerprint density at radius 1 is 0.526 bits per heavy atom. The van der Waals surface area contributed by atoms with Crippen molar-refractivity contribution in [2.24, 2.45) is 9.98 Å². The Labute approximate surface area is 331 Å². The third-order valence-corrected chi connectivity index (χ3v) is 12.5. The van der Waals surface area contributed by atoms with Gasteiger partial charge in [-0.3, -0.25) is 0 Å². The van der Waals surface area contributed by atoms with E-state index in [0.717, 1.165) is 55.6 Å². The highest BCUT2D eigenvalue weighted by molar-refractivity contribution is 7.26. The van der Waals surface area contributed by atoms with Crippen LogP contribution in [0.2, 0.25) is 0 Å². The Balaban J connectivity index is 0.969. The second-order valence-corrected chi connectivity index (χ2v) is 15.6. The van der Waals surface area contributed by atoms with Gasteiger partial charge in [-0.15, -0.1) is 11.3 Å². The van der Waals surface area contributed by atoms with Crippen molar-refractivity contribution in [3.05, 3.63) is 199 Å². The first-order chi connectivity index (χ1) is 28.2. The summed E-state index contributed by atoms with van der Waals surface area (Å²) >= 11 is 1.86. The number of hydrogen-bond acceptors (Lipinski definition) is 5. The molecule has 0 bridgehead atoms. The standard InChI is InChI=1S/C51H32N4OS/c1-3-13-31(14-4-1)49-52-50(32-15-5-2-6-16-32)54-51(53-49)34-25-27-45-40(30-34)38-20-11-19-35(47(38)56-45)33-26-28-46-41(29-33)39-21-12-24-44(48(39)57-46)55-42-22-9-7-17-36(42)37-18-8-10-23-43(37)55/h1-30,49H,(H,52,53,54). The first-order valence-electron chi connectivity index (χ1n) is 19.2. The van der Waals surface area contributed by atoms with Gasteiger partial charge in [0.05, 0.1) is 21.4 Å². The lowest BCUT2D eigenvalue weighted by Gasteiger charge is -2.23. The third kappa shape index (κ3) is 5.08. The van der Waals surface area contributed by atoms with E-state index in [1.54, 1.807) is 0 Å². The molecule has 0 fully saturated rings. The van der Waals surface area contributed by atoms with Crippen molar-refractivity contribution >= 4 is 86.9 Å². The Morgan fingerprint density at radius 3 is 2.00 bits per heavy atom. The molecule has 0 aliphatic carbocycles. The molecule has 1 N–H and O–H groups in total. The van der Waals surface area contributed by atoms with E-state index in [-0.39, 0.29) is 6.17 Å². The molecule has 1 unspecified atom stereocenters. The van der Waals surface area contributed by atoms with Crippen molar-refractivity contribution in [2.75, 3.05) is 0 Å². The Bertz CT molecular complexity index is 3390. The summed E-state index contributed by atoms with van der Waals surface area (Å²) in [5.41, 5.74) is 10.6. The lowest BCUT2D eigenvalue weighted by atomic mass is 10.00. The summed E-state index contributed by atoms with van der Waals surface area (Å²) in [5, 5.41) is 10.8. The molecule has 4 heterocycles. The zero-order chi connectivity index (χ0) is 37.5. The molecule has 1 atom stereocenters. The van der Waals surface area contributed by atoms with Crippen LogP contribution in [0.5, 0.6) is 0 Å². The number of amidine groups is 2. The smallest absolute Gasteiger partial charge is 0.159 e. The number of para-hydroxylation sites is 3. The maximum absolute atomic E-state index is 6.71. The van der Waals surface area contributed by atoms with E-state index in [1.165, 1.54) is 47.7 Å². The summed E-state index contributed by atoms with van der Waals surface area (Å²) in [7, 11) is 0. The van der Waals surface area contributed by atoms with E-state index in [9.17, 15) is 0 Å². The molecular formula is C51H32N4OS. The number of benzene rings is 8. The van der Waals surface area contributed by atoms with E-state index < -0.39 is 0 Å². The van der Waals surface area contributed by atoms with Gasteiger partial charge >= 0.3 is 0 Å². The predicted octanol–water partition coefficient (Wildman–Crippen LogP) is 13.2. The topological polar surface area (TPSA) is 54.8 Å². The quantitative estimate of drug-likeness (QED) is 0.191. The zero-order valence-electron chi connectivity index (χ0n) is 30.6. The maximum atomic E-state index is 6.71. The van der Waals surface area contributed by atoms with Gasteiger partial charge in [-0.25, -0.2) is 9.98 Å². The van der Waals surface area contributed by atoms with Gasteiger partial charge in [0.15, 0.2) is 5.84 Å². The van der Waals surface area contributed by atoms with Crippen LogP contribution in [-0.2, 0) is 0 Å². The molecule has 1 aliphatic heterocycles. The van der Waals surface area contributed by atoms with Crippen molar-refractivity contribution in [2.45, 2.75) is 6.17 Å². The van der Waals surface area contributed by atoms with Crippen LogP contribution >= 0.6 is 11.3 Å². The summed E-state index contributed by atoms with van der Waals surface area (Å²) in [5.74, 6) is 1.48. The normalized spacial score (nSPS) is 14.5. The van der Waals surface area contributed by atoms with Gasteiger partial charge in [0.1, 0.15) is 23.2 Å². The molecule has 268 valence electrons. The van der Waals surface area contributed by atoms with Crippen LogP contribution in [0.1, 0.15) is 22.9 Å². The zero-order valence-corrected chi connectivity index (χ0v) is 31.4. The minimum atomic E-state index is -0.265. The molecule has 12 rings (SSSR count). The summed E-state index contributed by atoms with van der Waals surface area (Å²) in [6.07, 6.45) is -0.265. The minimum Gasteiger partial charge on any atom is -0.455 e. The number of rotatable bonds is 5. The van der Waals surface area contributed by atoms with E-state index in [0.29, 0.717) is 5.84 Å². The van der Waals surface area contributed by atoms with Crippen molar-refractivity contribution in [3.8, 4) is 16.8 Å². The van der Waals surface area contributed by atoms with E-state index >= 15 is 0 Å². The maximum Gasteiger partial charge on any atom is 0.159 e. The molecule has 1 aliphatic rings. The molecule has 3 aromatic heterocycles. The monoisotopic (exact) mass is 748 g/mol. The number of fused-ring (bicyclic) bond motifs is 9. The van der Waals surface area contributed by atoms with Gasteiger partial charge in [-0.05, 0) is 59.7 Å². The third-order valence-electron chi connectivity index (χ3n) is 11.3. The van der Waals surface area contributed by atoms with E-state index in [2.05, 4.69) is 155 Å². The highest BCUT2D eigenvalue weighted by Crippen LogP contribution is 2.43. The van der Waals surface area contributed by atoms with Crippen molar-refractivity contribution in [3.63, 3.8) is 0 Å². The Kier molecular flexibility index (Phi) is 7.09. The molecular weight excluding hydrogens is 717 g/mol. The lowest BCUT2D eigenvalue weighted by molar-refractivity contribution is 0.669. The molecule has 0 spiro atoms. The van der Waals surface area contributed by atoms with Crippen molar-refractivity contribution in [1.82, 2.24) is 9.88 Å². The summed E-state index contributed by atoms with van der Waals surface area (Å²) in [4.78, 5) is 10.1. The molecule has 8 aromatic carbocycles. The number of aliphatic imine (C=N–C) groups is 2. The van der Waals surface area contributed by atoms with Gasteiger partial charge in [0.25, 0.3) is 0 Å². The Morgan fingerprint density at radius 2 is 1.19 bits per heavy atom. The molecule has 57 heavy (non-hydrogen) atoms. The SMILES string of the molecule is c1ccc(C2=NC(c3ccccc3)NC(c3ccc4oc5c(-c6ccc7sc8c(-n9c%10ccccc%10c%10ccccc%109)cccc8c7c6)cccc5c4c3)=N2)cc1. The fourth-order valence-electron chi connectivity index (χ4n) is 8.60. The van der Waals surface area contributed by atoms with Gasteiger partial charge in [0.2, 0.25) is 0 Å². The second-order valence-electron chi connectivity index (χ2n) is 14.6. The lowest BCUT2D eigenvalue weighted by Crippen LogP contribution is -2.33. The molecule has 0 radical (unpaired) electrons. The molecule has 0 amide bonds.